The van der Waals surface area contributed by atoms with Crippen molar-refractivity contribution in [1.82, 2.24) is 0 Å². The minimum atomic E-state index is 0.385. The molecule has 1 aliphatic carbocycles. The summed E-state index contributed by atoms with van der Waals surface area (Å²) in [5, 5.41) is 0. The minimum absolute atomic E-state index is 0.385. The summed E-state index contributed by atoms with van der Waals surface area (Å²) < 4.78 is 0. The first-order valence-corrected chi connectivity index (χ1v) is 4.33. The van der Waals surface area contributed by atoms with E-state index in [0.29, 0.717) is 11.7 Å². The van der Waals surface area contributed by atoms with Gasteiger partial charge in [-0.3, -0.25) is 4.79 Å². The highest BCUT2D eigenvalue weighted by atomic mass is 16.1. The fraction of sp³-hybridized carbons (Fsp3) is 0.700. The van der Waals surface area contributed by atoms with Crippen molar-refractivity contribution in [2.75, 3.05) is 0 Å². The summed E-state index contributed by atoms with van der Waals surface area (Å²) in [6.07, 6.45) is 2.74. The molecule has 0 radical (unpaired) electrons. The third-order valence-electron chi connectivity index (χ3n) is 2.19. The van der Waals surface area contributed by atoms with Crippen molar-refractivity contribution < 1.29 is 4.79 Å². The van der Waals surface area contributed by atoms with Crippen molar-refractivity contribution >= 4 is 5.78 Å². The molecule has 0 aliphatic heterocycles. The molecule has 1 nitrogen and oxygen atoms in total. The maximum atomic E-state index is 11.3. The van der Waals surface area contributed by atoms with Crippen molar-refractivity contribution in [3.05, 3.63) is 11.1 Å². The summed E-state index contributed by atoms with van der Waals surface area (Å²) >= 11 is 0. The van der Waals surface area contributed by atoms with Crippen LogP contribution in [-0.4, -0.2) is 5.78 Å². The second kappa shape index (κ2) is 3.21. The van der Waals surface area contributed by atoms with Gasteiger partial charge in [0.2, 0.25) is 0 Å². The molecule has 0 aromatic carbocycles. The van der Waals surface area contributed by atoms with Crippen molar-refractivity contribution in [2.24, 2.45) is 5.92 Å². The first-order valence-electron chi connectivity index (χ1n) is 4.33. The Morgan fingerprint density at radius 2 is 2.00 bits per heavy atom. The van der Waals surface area contributed by atoms with Gasteiger partial charge in [0.25, 0.3) is 0 Å². The zero-order chi connectivity index (χ0) is 8.43. The Morgan fingerprint density at radius 1 is 1.36 bits per heavy atom. The Balaban J connectivity index is 2.67. The summed E-state index contributed by atoms with van der Waals surface area (Å²) in [6, 6.07) is 0. The highest BCUT2D eigenvalue weighted by molar-refractivity contribution is 5.98. The van der Waals surface area contributed by atoms with Crippen LogP contribution in [0.3, 0.4) is 0 Å². The molecule has 0 saturated carbocycles. The van der Waals surface area contributed by atoms with E-state index in [9.17, 15) is 4.79 Å². The van der Waals surface area contributed by atoms with Crippen molar-refractivity contribution in [3.63, 3.8) is 0 Å². The van der Waals surface area contributed by atoms with Gasteiger partial charge in [0, 0.05) is 6.42 Å². The molecule has 11 heavy (non-hydrogen) atoms. The average Bonchev–Trinajstić information content (AvgIpc) is 2.18. The van der Waals surface area contributed by atoms with Crippen LogP contribution < -0.4 is 0 Å². The Labute approximate surface area is 68.5 Å². The molecule has 0 heterocycles. The van der Waals surface area contributed by atoms with Crippen LogP contribution >= 0.6 is 0 Å². The zero-order valence-corrected chi connectivity index (χ0v) is 7.61. The minimum Gasteiger partial charge on any atom is -0.295 e. The molecule has 0 fully saturated rings. The van der Waals surface area contributed by atoms with Crippen LogP contribution in [0.15, 0.2) is 11.1 Å². The number of ketones is 1. The lowest BCUT2D eigenvalue weighted by Crippen LogP contribution is -2.00. The molecule has 0 atom stereocenters. The van der Waals surface area contributed by atoms with Gasteiger partial charge in [0.15, 0.2) is 5.78 Å². The van der Waals surface area contributed by atoms with Crippen LogP contribution in [0.25, 0.3) is 0 Å². The molecular weight excluding hydrogens is 136 g/mol. The van der Waals surface area contributed by atoms with Gasteiger partial charge in [0.05, 0.1) is 0 Å². The third kappa shape index (κ3) is 1.92. The summed E-state index contributed by atoms with van der Waals surface area (Å²) in [4.78, 5) is 11.3. The smallest absolute Gasteiger partial charge is 0.159 e. The van der Waals surface area contributed by atoms with Gasteiger partial charge < -0.3 is 0 Å². The summed E-state index contributed by atoms with van der Waals surface area (Å²) in [6.45, 7) is 6.40. The maximum Gasteiger partial charge on any atom is 0.159 e. The van der Waals surface area contributed by atoms with Crippen molar-refractivity contribution in [3.8, 4) is 0 Å². The van der Waals surface area contributed by atoms with E-state index in [1.165, 1.54) is 5.57 Å². The van der Waals surface area contributed by atoms with Gasteiger partial charge in [-0.2, -0.15) is 0 Å². The van der Waals surface area contributed by atoms with Gasteiger partial charge in [0.1, 0.15) is 0 Å². The molecule has 0 unspecified atom stereocenters. The van der Waals surface area contributed by atoms with Crippen molar-refractivity contribution in [1.29, 1.82) is 0 Å². The van der Waals surface area contributed by atoms with Crippen LogP contribution in [0, 0.1) is 5.92 Å². The first kappa shape index (κ1) is 8.51. The van der Waals surface area contributed by atoms with Crippen LogP contribution in [0.4, 0.5) is 0 Å². The third-order valence-corrected chi connectivity index (χ3v) is 2.19. The van der Waals surface area contributed by atoms with Gasteiger partial charge in [-0.25, -0.2) is 0 Å². The van der Waals surface area contributed by atoms with Crippen LogP contribution in [-0.2, 0) is 4.79 Å². The van der Waals surface area contributed by atoms with Crippen LogP contribution in [0.1, 0.15) is 40.0 Å². The topological polar surface area (TPSA) is 17.1 Å². The van der Waals surface area contributed by atoms with E-state index in [4.69, 9.17) is 0 Å². The largest absolute Gasteiger partial charge is 0.295 e. The second-order valence-corrected chi connectivity index (χ2v) is 3.78. The highest BCUT2D eigenvalue weighted by Gasteiger charge is 2.19. The lowest BCUT2D eigenvalue weighted by molar-refractivity contribution is -0.115. The SMILES string of the molecule is CC1=C(CC(C)C)C(=O)CC1. The lowest BCUT2D eigenvalue weighted by atomic mass is 10.00. The summed E-state index contributed by atoms with van der Waals surface area (Å²) in [5.41, 5.74) is 2.43. The average molecular weight is 152 g/mol. The van der Waals surface area contributed by atoms with E-state index in [0.717, 1.165) is 24.8 Å². The fourth-order valence-electron chi connectivity index (χ4n) is 1.54. The number of carbonyl (C=O) groups is 1. The molecular formula is C10H16O. The van der Waals surface area contributed by atoms with Crippen molar-refractivity contribution in [2.45, 2.75) is 40.0 Å². The molecule has 1 heteroatoms. The predicted molar refractivity (Wildman–Crippen MR) is 46.4 cm³/mol. The van der Waals surface area contributed by atoms with Gasteiger partial charge in [-0.05, 0) is 31.3 Å². The zero-order valence-electron chi connectivity index (χ0n) is 7.61. The second-order valence-electron chi connectivity index (χ2n) is 3.78. The monoisotopic (exact) mass is 152 g/mol. The molecule has 0 aromatic heterocycles. The highest BCUT2D eigenvalue weighted by Crippen LogP contribution is 2.27. The number of allylic oxidation sites excluding steroid dienone is 2. The molecule has 0 aromatic rings. The summed E-state index contributed by atoms with van der Waals surface area (Å²) in [5.74, 6) is 0.998. The number of carbonyl (C=O) groups excluding carboxylic acids is 1. The Hall–Kier alpha value is -0.590. The molecule has 0 N–H and O–H groups in total. The Bertz CT molecular complexity index is 199. The molecule has 1 aliphatic rings. The van der Waals surface area contributed by atoms with Crippen LogP contribution in [0.2, 0.25) is 0 Å². The predicted octanol–water partition coefficient (Wildman–Crippen LogP) is 2.71. The molecule has 0 spiro atoms. The van der Waals surface area contributed by atoms with E-state index in [-0.39, 0.29) is 0 Å². The molecule has 1 rings (SSSR count). The molecule has 0 amide bonds. The maximum absolute atomic E-state index is 11.3. The van der Waals surface area contributed by atoms with E-state index < -0.39 is 0 Å². The number of rotatable bonds is 2. The van der Waals surface area contributed by atoms with Gasteiger partial charge in [-0.15, -0.1) is 0 Å². The Kier molecular flexibility index (Phi) is 2.48. The molecule has 0 saturated heterocycles. The van der Waals surface area contributed by atoms with E-state index in [1.807, 2.05) is 0 Å². The fourth-order valence-corrected chi connectivity index (χ4v) is 1.54. The number of hydrogen-bond acceptors (Lipinski definition) is 1. The standard InChI is InChI=1S/C10H16O/c1-7(2)6-9-8(3)4-5-10(9)11/h7H,4-6H2,1-3H3. The number of Topliss-reactive ketones (excluding diaryl/α,β-unsaturated/α-hetero) is 1. The van der Waals surface area contributed by atoms with E-state index in [2.05, 4.69) is 20.8 Å². The summed E-state index contributed by atoms with van der Waals surface area (Å²) in [7, 11) is 0. The normalized spacial score (nSPS) is 18.7. The quantitative estimate of drug-likeness (QED) is 0.594. The Morgan fingerprint density at radius 3 is 2.36 bits per heavy atom. The van der Waals surface area contributed by atoms with Gasteiger partial charge in [-0.1, -0.05) is 19.4 Å². The van der Waals surface area contributed by atoms with E-state index in [1.54, 1.807) is 0 Å². The first-order chi connectivity index (χ1) is 5.11. The molecule has 0 bridgehead atoms. The lowest BCUT2D eigenvalue weighted by Gasteiger charge is -2.05. The van der Waals surface area contributed by atoms with Gasteiger partial charge >= 0.3 is 0 Å². The van der Waals surface area contributed by atoms with Crippen LogP contribution in [0.5, 0.6) is 0 Å². The number of hydrogen-bond donors (Lipinski definition) is 0. The molecule has 62 valence electrons. The van der Waals surface area contributed by atoms with E-state index >= 15 is 0 Å².